The maximum Gasteiger partial charge on any atom is 0.174 e. The molecule has 2 nitrogen and oxygen atoms in total. The summed E-state index contributed by atoms with van der Waals surface area (Å²) in [6, 6.07) is 2.15. The van der Waals surface area contributed by atoms with Gasteiger partial charge in [-0.05, 0) is 55.4 Å². The van der Waals surface area contributed by atoms with E-state index in [1.54, 1.807) is 17.6 Å². The Hall–Kier alpha value is -0.100. The molecule has 5 heteroatoms. The zero-order chi connectivity index (χ0) is 11.5. The van der Waals surface area contributed by atoms with Gasteiger partial charge in [0.25, 0.3) is 0 Å². The van der Waals surface area contributed by atoms with Crippen LogP contribution in [0.3, 0.4) is 0 Å². The first-order chi connectivity index (χ1) is 7.74. The first kappa shape index (κ1) is 12.4. The van der Waals surface area contributed by atoms with Gasteiger partial charge in [-0.15, -0.1) is 0 Å². The number of halogens is 2. The molecule has 0 fully saturated rings. The monoisotopic (exact) mass is 363 g/mol. The largest absolute Gasteiger partial charge is 0.457 e. The average Bonchev–Trinajstić information content (AvgIpc) is 2.84. The van der Waals surface area contributed by atoms with Gasteiger partial charge in [0, 0.05) is 15.4 Å². The fraction of sp³-hybridized carbons (Fsp3) is 0.273. The number of hydrogen-bond acceptors (Lipinski definition) is 3. The molecule has 1 N–H and O–H groups in total. The summed E-state index contributed by atoms with van der Waals surface area (Å²) in [6.07, 6.45) is 1.70. The van der Waals surface area contributed by atoms with Gasteiger partial charge in [0.15, 0.2) is 4.67 Å². The lowest BCUT2D eigenvalue weighted by Crippen LogP contribution is -2.21. The summed E-state index contributed by atoms with van der Waals surface area (Å²) >= 11 is 8.69. The van der Waals surface area contributed by atoms with Crippen LogP contribution in [0.4, 0.5) is 0 Å². The standard InChI is InChI=1S/C11H11Br2NOS/c1-2-14-10(7-3-4-15-11(7)13)8-5-16-6-9(8)12/h3-6,10,14H,2H2,1H3. The van der Waals surface area contributed by atoms with E-state index >= 15 is 0 Å². The molecule has 2 aromatic rings. The van der Waals surface area contributed by atoms with Crippen LogP contribution in [0.15, 0.2) is 36.6 Å². The van der Waals surface area contributed by atoms with Gasteiger partial charge in [0.1, 0.15) is 0 Å². The Kier molecular flexibility index (Phi) is 4.24. The molecular weight excluding hydrogens is 354 g/mol. The van der Waals surface area contributed by atoms with Crippen LogP contribution in [-0.4, -0.2) is 6.54 Å². The highest BCUT2D eigenvalue weighted by atomic mass is 79.9. The summed E-state index contributed by atoms with van der Waals surface area (Å²) in [7, 11) is 0. The summed E-state index contributed by atoms with van der Waals surface area (Å²) in [5.41, 5.74) is 2.37. The summed E-state index contributed by atoms with van der Waals surface area (Å²) in [5.74, 6) is 0. The normalized spacial score (nSPS) is 12.9. The Balaban J connectivity index is 2.39. The number of nitrogens with one attached hydrogen (secondary N) is 1. The summed E-state index contributed by atoms with van der Waals surface area (Å²) in [5, 5.41) is 7.70. The van der Waals surface area contributed by atoms with Crippen LogP contribution in [0.25, 0.3) is 0 Å². The second kappa shape index (κ2) is 5.49. The second-order valence-corrected chi connectivity index (χ2v) is 5.63. The quantitative estimate of drug-likeness (QED) is 0.859. The lowest BCUT2D eigenvalue weighted by molar-refractivity contribution is 0.526. The van der Waals surface area contributed by atoms with E-state index < -0.39 is 0 Å². The van der Waals surface area contributed by atoms with Crippen molar-refractivity contribution < 1.29 is 4.42 Å². The van der Waals surface area contributed by atoms with E-state index in [-0.39, 0.29) is 6.04 Å². The van der Waals surface area contributed by atoms with Crippen LogP contribution in [-0.2, 0) is 0 Å². The number of furan rings is 1. The molecule has 2 aromatic heterocycles. The first-order valence-corrected chi connectivity index (χ1v) is 7.44. The van der Waals surface area contributed by atoms with Gasteiger partial charge in [-0.2, -0.15) is 11.3 Å². The molecule has 1 atom stereocenters. The van der Waals surface area contributed by atoms with Crippen LogP contribution in [0.1, 0.15) is 24.1 Å². The molecule has 16 heavy (non-hydrogen) atoms. The van der Waals surface area contributed by atoms with Gasteiger partial charge < -0.3 is 9.73 Å². The maximum atomic E-state index is 5.29. The Bertz CT molecular complexity index is 426. The fourth-order valence-corrected chi connectivity index (χ4v) is 3.62. The topological polar surface area (TPSA) is 25.2 Å². The molecule has 0 spiro atoms. The summed E-state index contributed by atoms with van der Waals surface area (Å²) in [4.78, 5) is 0. The van der Waals surface area contributed by atoms with Crippen molar-refractivity contribution in [3.63, 3.8) is 0 Å². The van der Waals surface area contributed by atoms with Crippen molar-refractivity contribution in [1.82, 2.24) is 5.32 Å². The van der Waals surface area contributed by atoms with Gasteiger partial charge >= 0.3 is 0 Å². The Morgan fingerprint density at radius 2 is 2.19 bits per heavy atom. The maximum absolute atomic E-state index is 5.29. The van der Waals surface area contributed by atoms with Crippen LogP contribution in [0, 0.1) is 0 Å². The van der Waals surface area contributed by atoms with Crippen molar-refractivity contribution in [3.8, 4) is 0 Å². The van der Waals surface area contributed by atoms with E-state index in [1.165, 1.54) is 5.56 Å². The van der Waals surface area contributed by atoms with Crippen molar-refractivity contribution in [3.05, 3.63) is 43.4 Å². The van der Waals surface area contributed by atoms with E-state index in [2.05, 4.69) is 54.9 Å². The molecule has 2 heterocycles. The van der Waals surface area contributed by atoms with Gasteiger partial charge in [-0.3, -0.25) is 0 Å². The molecule has 1 unspecified atom stereocenters. The van der Waals surface area contributed by atoms with Crippen molar-refractivity contribution in [2.45, 2.75) is 13.0 Å². The predicted molar refractivity (Wildman–Crippen MR) is 73.9 cm³/mol. The highest BCUT2D eigenvalue weighted by Gasteiger charge is 2.20. The van der Waals surface area contributed by atoms with Gasteiger partial charge in [-0.1, -0.05) is 6.92 Å². The number of thiophene rings is 1. The number of hydrogen-bond donors (Lipinski definition) is 1. The molecule has 0 aromatic carbocycles. The van der Waals surface area contributed by atoms with E-state index in [9.17, 15) is 0 Å². The molecule has 0 bridgehead atoms. The smallest absolute Gasteiger partial charge is 0.174 e. The summed E-state index contributed by atoms with van der Waals surface area (Å²) < 4.78 is 7.22. The van der Waals surface area contributed by atoms with Crippen molar-refractivity contribution >= 4 is 43.2 Å². The van der Waals surface area contributed by atoms with E-state index in [0.717, 1.165) is 21.3 Å². The van der Waals surface area contributed by atoms with Crippen molar-refractivity contribution in [2.75, 3.05) is 6.54 Å². The highest BCUT2D eigenvalue weighted by molar-refractivity contribution is 9.10. The lowest BCUT2D eigenvalue weighted by atomic mass is 10.0. The Morgan fingerprint density at radius 3 is 2.69 bits per heavy atom. The SMILES string of the molecule is CCNC(c1cscc1Br)c1ccoc1Br. The third kappa shape index (κ3) is 2.42. The van der Waals surface area contributed by atoms with E-state index in [0.29, 0.717) is 0 Å². The molecule has 0 radical (unpaired) electrons. The van der Waals surface area contributed by atoms with Gasteiger partial charge in [0.05, 0.1) is 12.3 Å². The van der Waals surface area contributed by atoms with Crippen LogP contribution < -0.4 is 5.32 Å². The highest BCUT2D eigenvalue weighted by Crippen LogP contribution is 2.35. The molecule has 0 saturated heterocycles. The minimum Gasteiger partial charge on any atom is -0.457 e. The second-order valence-electron chi connectivity index (χ2n) is 3.32. The molecule has 0 amide bonds. The zero-order valence-corrected chi connectivity index (χ0v) is 12.7. The Labute approximate surface area is 115 Å². The van der Waals surface area contributed by atoms with Crippen molar-refractivity contribution in [1.29, 1.82) is 0 Å². The molecule has 86 valence electrons. The van der Waals surface area contributed by atoms with Crippen LogP contribution >= 0.6 is 43.2 Å². The third-order valence-corrected chi connectivity index (χ3v) is 4.71. The van der Waals surface area contributed by atoms with Gasteiger partial charge in [-0.25, -0.2) is 0 Å². The average molecular weight is 365 g/mol. The predicted octanol–water partition coefficient (Wildman–Crippen LogP) is 4.57. The molecule has 0 aliphatic carbocycles. The van der Waals surface area contributed by atoms with Gasteiger partial charge in [0.2, 0.25) is 0 Å². The Morgan fingerprint density at radius 1 is 1.38 bits per heavy atom. The summed E-state index contributed by atoms with van der Waals surface area (Å²) in [6.45, 7) is 3.01. The first-order valence-electron chi connectivity index (χ1n) is 4.92. The minimum absolute atomic E-state index is 0.166. The van der Waals surface area contributed by atoms with E-state index in [4.69, 9.17) is 4.42 Å². The zero-order valence-electron chi connectivity index (χ0n) is 8.67. The number of rotatable bonds is 4. The molecule has 2 rings (SSSR count). The molecule has 0 saturated carbocycles. The van der Waals surface area contributed by atoms with E-state index in [1.807, 2.05) is 6.07 Å². The van der Waals surface area contributed by atoms with Crippen molar-refractivity contribution in [2.24, 2.45) is 0 Å². The van der Waals surface area contributed by atoms with Crippen LogP contribution in [0.2, 0.25) is 0 Å². The molecular formula is C11H11Br2NOS. The molecule has 0 aliphatic heterocycles. The lowest BCUT2D eigenvalue weighted by Gasteiger charge is -2.16. The minimum atomic E-state index is 0.166. The third-order valence-electron chi connectivity index (χ3n) is 2.32. The van der Waals surface area contributed by atoms with Crippen LogP contribution in [0.5, 0.6) is 0 Å². The molecule has 0 aliphatic rings. The fourth-order valence-electron chi connectivity index (χ4n) is 1.60.